The van der Waals surface area contributed by atoms with Gasteiger partial charge in [0.25, 0.3) is 5.91 Å². The minimum Gasteiger partial charge on any atom is -0.444 e. The summed E-state index contributed by atoms with van der Waals surface area (Å²) in [6, 6.07) is 3.70. The third-order valence-corrected chi connectivity index (χ3v) is 3.85. The van der Waals surface area contributed by atoms with Gasteiger partial charge < -0.3 is 14.7 Å². The monoisotopic (exact) mass is 322 g/mol. The number of fused-ring (bicyclic) bond motifs is 1. The highest BCUT2D eigenvalue weighted by Crippen LogP contribution is 2.13. The Hall–Kier alpha value is -3.07. The van der Waals surface area contributed by atoms with E-state index in [0.717, 1.165) is 10.6 Å². The molecule has 0 bridgehead atoms. The number of H-pyrrole nitrogens is 1. The highest BCUT2D eigenvalue weighted by molar-refractivity contribution is 5.92. The zero-order valence-corrected chi connectivity index (χ0v) is 13.5. The van der Waals surface area contributed by atoms with Gasteiger partial charge >= 0.3 is 0 Å². The molecule has 1 amide bonds. The standard InChI is InChI=1S/C18H18N4O2/c1-11(17-10-20-12(2)24-17)21-18(23)16-8-14-7-13(9-19)5-3-4-6-15(14)22-16/h3,5-8,10-11,13,22H,4H2,1-2H3,(H,21,23)/b5-3?,14-7-,15-6+. The molecule has 1 aliphatic rings. The average Bonchev–Trinajstić information content (AvgIpc) is 3.14. The molecule has 3 rings (SSSR count). The van der Waals surface area contributed by atoms with Gasteiger partial charge in [-0.05, 0) is 24.6 Å². The van der Waals surface area contributed by atoms with Gasteiger partial charge in [-0.3, -0.25) is 4.79 Å². The van der Waals surface area contributed by atoms with Crippen LogP contribution < -0.4 is 15.9 Å². The van der Waals surface area contributed by atoms with Crippen LogP contribution >= 0.6 is 0 Å². The number of oxazole rings is 1. The van der Waals surface area contributed by atoms with E-state index in [2.05, 4.69) is 21.4 Å². The highest BCUT2D eigenvalue weighted by Gasteiger charge is 2.16. The average molecular weight is 322 g/mol. The highest BCUT2D eigenvalue weighted by atomic mass is 16.4. The van der Waals surface area contributed by atoms with E-state index in [-0.39, 0.29) is 17.9 Å². The lowest BCUT2D eigenvalue weighted by Crippen LogP contribution is -2.27. The molecule has 2 atom stereocenters. The van der Waals surface area contributed by atoms with Crippen LogP contribution in [0.4, 0.5) is 0 Å². The second kappa shape index (κ2) is 6.59. The number of allylic oxidation sites excluding steroid dienone is 2. The van der Waals surface area contributed by atoms with Crippen molar-refractivity contribution < 1.29 is 9.21 Å². The van der Waals surface area contributed by atoms with Crippen molar-refractivity contribution in [2.45, 2.75) is 26.3 Å². The zero-order chi connectivity index (χ0) is 17.1. The number of amides is 1. The summed E-state index contributed by atoms with van der Waals surface area (Å²) in [6.07, 6.45) is 9.98. The predicted octanol–water partition coefficient (Wildman–Crippen LogP) is 1.46. The van der Waals surface area contributed by atoms with Crippen molar-refractivity contribution in [1.82, 2.24) is 15.3 Å². The van der Waals surface area contributed by atoms with Crippen LogP contribution in [0.3, 0.4) is 0 Å². The fraction of sp³-hybridized carbons (Fsp3) is 0.278. The molecule has 0 spiro atoms. The van der Waals surface area contributed by atoms with E-state index in [1.807, 2.05) is 31.2 Å². The van der Waals surface area contributed by atoms with Gasteiger partial charge in [0, 0.05) is 12.3 Å². The molecule has 1 aliphatic carbocycles. The second-order valence-corrected chi connectivity index (χ2v) is 5.72. The predicted molar refractivity (Wildman–Crippen MR) is 89.0 cm³/mol. The Bertz CT molecular complexity index is 943. The number of aryl methyl sites for hydroxylation is 1. The van der Waals surface area contributed by atoms with Gasteiger partial charge in [-0.15, -0.1) is 0 Å². The Labute approximate surface area is 139 Å². The Kier molecular flexibility index (Phi) is 4.34. The Morgan fingerprint density at radius 1 is 1.58 bits per heavy atom. The van der Waals surface area contributed by atoms with E-state index in [1.165, 1.54) is 0 Å². The number of carbonyl (C=O) groups excluding carboxylic acids is 1. The van der Waals surface area contributed by atoms with Gasteiger partial charge in [0.2, 0.25) is 0 Å². The quantitative estimate of drug-likeness (QED) is 0.837. The topological polar surface area (TPSA) is 94.7 Å². The van der Waals surface area contributed by atoms with Crippen molar-refractivity contribution in [3.05, 3.63) is 52.3 Å². The minimum absolute atomic E-state index is 0.230. The molecule has 2 N–H and O–H groups in total. The van der Waals surface area contributed by atoms with Crippen LogP contribution in [0.1, 0.15) is 41.5 Å². The molecule has 0 saturated heterocycles. The molecular formula is C18H18N4O2. The zero-order valence-electron chi connectivity index (χ0n) is 13.5. The lowest BCUT2D eigenvalue weighted by molar-refractivity contribution is 0.0930. The number of nitrogens with one attached hydrogen (secondary N) is 2. The lowest BCUT2D eigenvalue weighted by atomic mass is 10.1. The van der Waals surface area contributed by atoms with E-state index in [0.29, 0.717) is 23.8 Å². The van der Waals surface area contributed by atoms with Crippen LogP contribution in [0.15, 0.2) is 28.8 Å². The van der Waals surface area contributed by atoms with Gasteiger partial charge in [-0.2, -0.15) is 5.26 Å². The van der Waals surface area contributed by atoms with Gasteiger partial charge in [0.1, 0.15) is 11.5 Å². The first-order valence-electron chi connectivity index (χ1n) is 7.77. The molecule has 0 radical (unpaired) electrons. The summed E-state index contributed by atoms with van der Waals surface area (Å²) in [6.45, 7) is 3.60. The first kappa shape index (κ1) is 15.8. The van der Waals surface area contributed by atoms with Gasteiger partial charge in [-0.25, -0.2) is 4.98 Å². The number of aromatic nitrogens is 2. The number of aromatic amines is 1. The number of hydrogen-bond acceptors (Lipinski definition) is 4. The van der Waals surface area contributed by atoms with Crippen LogP contribution in [0.25, 0.3) is 12.2 Å². The SMILES string of the molecule is Cc1ncc(C(C)NC(=O)c2cc3/c([nH]2)=C\CC=CC(C#N)\C=3)o1. The van der Waals surface area contributed by atoms with Crippen molar-refractivity contribution in [2.24, 2.45) is 5.92 Å². The van der Waals surface area contributed by atoms with Crippen molar-refractivity contribution in [1.29, 1.82) is 5.26 Å². The van der Waals surface area contributed by atoms with Crippen molar-refractivity contribution in [2.75, 3.05) is 0 Å². The van der Waals surface area contributed by atoms with Crippen LogP contribution in [0.5, 0.6) is 0 Å². The first-order chi connectivity index (χ1) is 11.6. The fourth-order valence-electron chi connectivity index (χ4n) is 2.58. The maximum absolute atomic E-state index is 12.5. The molecule has 2 aromatic rings. The van der Waals surface area contributed by atoms with Crippen molar-refractivity contribution >= 4 is 18.1 Å². The largest absolute Gasteiger partial charge is 0.444 e. The molecule has 0 aliphatic heterocycles. The van der Waals surface area contributed by atoms with E-state index < -0.39 is 0 Å². The molecule has 2 unspecified atom stereocenters. The van der Waals surface area contributed by atoms with E-state index in [9.17, 15) is 4.79 Å². The molecule has 122 valence electrons. The van der Waals surface area contributed by atoms with Crippen LogP contribution in [-0.2, 0) is 0 Å². The first-order valence-corrected chi connectivity index (χ1v) is 7.77. The maximum atomic E-state index is 12.5. The summed E-state index contributed by atoms with van der Waals surface area (Å²) in [4.78, 5) is 19.6. The smallest absolute Gasteiger partial charge is 0.268 e. The fourth-order valence-corrected chi connectivity index (χ4v) is 2.58. The van der Waals surface area contributed by atoms with Gasteiger partial charge in [0.15, 0.2) is 5.89 Å². The number of nitriles is 1. The molecule has 2 aromatic heterocycles. The van der Waals surface area contributed by atoms with Crippen LogP contribution in [-0.4, -0.2) is 15.9 Å². The number of carbonyl (C=O) groups is 1. The summed E-state index contributed by atoms with van der Waals surface area (Å²) in [7, 11) is 0. The van der Waals surface area contributed by atoms with Crippen molar-refractivity contribution in [3.8, 4) is 6.07 Å². The van der Waals surface area contributed by atoms with Crippen molar-refractivity contribution in [3.63, 3.8) is 0 Å². The summed E-state index contributed by atoms with van der Waals surface area (Å²) < 4.78 is 5.43. The molecule has 6 nitrogen and oxygen atoms in total. The lowest BCUT2D eigenvalue weighted by Gasteiger charge is -2.09. The molecule has 0 aromatic carbocycles. The van der Waals surface area contributed by atoms with Gasteiger partial charge in [-0.1, -0.05) is 24.3 Å². The summed E-state index contributed by atoms with van der Waals surface area (Å²) >= 11 is 0. The minimum atomic E-state index is -0.291. The Morgan fingerprint density at radius 3 is 3.12 bits per heavy atom. The molecule has 6 heteroatoms. The number of rotatable bonds is 3. The Morgan fingerprint density at radius 2 is 2.42 bits per heavy atom. The molecule has 24 heavy (non-hydrogen) atoms. The molecular weight excluding hydrogens is 304 g/mol. The van der Waals surface area contributed by atoms with E-state index in [4.69, 9.17) is 9.68 Å². The maximum Gasteiger partial charge on any atom is 0.268 e. The molecule has 0 saturated carbocycles. The normalized spacial score (nSPS) is 20.3. The van der Waals surface area contributed by atoms with Gasteiger partial charge in [0.05, 0.1) is 24.2 Å². The second-order valence-electron chi connectivity index (χ2n) is 5.72. The molecule has 2 heterocycles. The van der Waals surface area contributed by atoms with E-state index in [1.54, 1.807) is 19.2 Å². The molecule has 0 fully saturated rings. The third-order valence-electron chi connectivity index (χ3n) is 3.85. The summed E-state index contributed by atoms with van der Waals surface area (Å²) in [5.41, 5.74) is 0.453. The third kappa shape index (κ3) is 3.30. The summed E-state index contributed by atoms with van der Waals surface area (Å²) in [5.74, 6) is 0.651. The van der Waals surface area contributed by atoms with Crippen LogP contribution in [0.2, 0.25) is 0 Å². The van der Waals surface area contributed by atoms with E-state index >= 15 is 0 Å². The number of nitrogens with zero attached hydrogens (tertiary/aromatic N) is 2. The Balaban J connectivity index is 1.85. The number of hydrogen-bond donors (Lipinski definition) is 2. The van der Waals surface area contributed by atoms with Crippen LogP contribution in [0, 0.1) is 24.2 Å². The summed E-state index contributed by atoms with van der Waals surface area (Å²) in [5, 5.41) is 13.7.